The first-order valence-corrected chi connectivity index (χ1v) is 7.74. The van der Waals surface area contributed by atoms with Crippen molar-refractivity contribution in [1.29, 1.82) is 0 Å². The molecule has 114 valence electrons. The fourth-order valence-electron chi connectivity index (χ4n) is 3.48. The zero-order chi connectivity index (χ0) is 16.0. The monoisotopic (exact) mass is 303 g/mol. The van der Waals surface area contributed by atoms with E-state index in [2.05, 4.69) is 28.3 Å². The Balaban J connectivity index is 2.02. The van der Waals surface area contributed by atoms with Gasteiger partial charge in [-0.1, -0.05) is 54.6 Å². The number of rotatable bonds is 2. The van der Waals surface area contributed by atoms with Crippen molar-refractivity contribution in [3.8, 4) is 0 Å². The summed E-state index contributed by atoms with van der Waals surface area (Å²) in [5.41, 5.74) is 3.30. The maximum Gasteiger partial charge on any atom is 0.147 e. The van der Waals surface area contributed by atoms with E-state index < -0.39 is 0 Å². The van der Waals surface area contributed by atoms with Crippen molar-refractivity contribution in [1.82, 2.24) is 14.8 Å². The second-order valence-corrected chi connectivity index (χ2v) is 5.95. The minimum absolute atomic E-state index is 0.0424. The third-order valence-corrected chi connectivity index (χ3v) is 4.39. The highest BCUT2D eigenvalue weighted by Crippen LogP contribution is 2.41. The van der Waals surface area contributed by atoms with E-state index in [0.29, 0.717) is 5.82 Å². The molecule has 4 nitrogen and oxygen atoms in total. The van der Waals surface area contributed by atoms with Gasteiger partial charge in [0.2, 0.25) is 0 Å². The molecule has 0 spiro atoms. The van der Waals surface area contributed by atoms with E-state index in [0.717, 1.165) is 22.5 Å². The maximum absolute atomic E-state index is 12.3. The fourth-order valence-corrected chi connectivity index (χ4v) is 3.48. The van der Waals surface area contributed by atoms with Gasteiger partial charge in [-0.15, -0.1) is 0 Å². The molecular formula is C19H17N3O. The summed E-state index contributed by atoms with van der Waals surface area (Å²) in [6.45, 7) is 3.49. The number of ketones is 1. The summed E-state index contributed by atoms with van der Waals surface area (Å²) < 4.78 is 1.92. The number of hydrogen-bond acceptors (Lipinski definition) is 3. The van der Waals surface area contributed by atoms with Crippen LogP contribution in [0.25, 0.3) is 0 Å². The molecule has 0 amide bonds. The second-order valence-electron chi connectivity index (χ2n) is 5.95. The zero-order valence-electron chi connectivity index (χ0n) is 13.1. The van der Waals surface area contributed by atoms with Crippen LogP contribution >= 0.6 is 0 Å². The molecule has 1 aromatic heterocycles. The van der Waals surface area contributed by atoms with Gasteiger partial charge in [0.05, 0.1) is 0 Å². The van der Waals surface area contributed by atoms with Gasteiger partial charge < -0.3 is 0 Å². The van der Waals surface area contributed by atoms with Crippen LogP contribution in [-0.2, 0) is 4.79 Å². The van der Waals surface area contributed by atoms with Crippen molar-refractivity contribution >= 4 is 5.78 Å². The quantitative estimate of drug-likeness (QED) is 0.730. The normalized spacial score (nSPS) is 19.0. The van der Waals surface area contributed by atoms with Crippen LogP contribution in [0.1, 0.15) is 47.2 Å². The highest BCUT2D eigenvalue weighted by molar-refractivity contribution is 5.87. The van der Waals surface area contributed by atoms with Crippen molar-refractivity contribution < 1.29 is 4.79 Å². The lowest BCUT2D eigenvalue weighted by atomic mass is 9.82. The van der Waals surface area contributed by atoms with Crippen LogP contribution in [0.4, 0.5) is 0 Å². The van der Waals surface area contributed by atoms with Crippen molar-refractivity contribution in [3.63, 3.8) is 0 Å². The van der Waals surface area contributed by atoms with Gasteiger partial charge >= 0.3 is 0 Å². The molecule has 1 aliphatic heterocycles. The van der Waals surface area contributed by atoms with Crippen molar-refractivity contribution in [2.75, 3.05) is 0 Å². The minimum atomic E-state index is -0.340. The zero-order valence-corrected chi connectivity index (χ0v) is 13.1. The van der Waals surface area contributed by atoms with Crippen molar-refractivity contribution in [2.45, 2.75) is 25.8 Å². The molecule has 1 aliphatic rings. The summed E-state index contributed by atoms with van der Waals surface area (Å²) in [6.07, 6.45) is 0. The molecule has 3 aromatic rings. The Morgan fingerprint density at radius 2 is 1.65 bits per heavy atom. The molecule has 2 atom stereocenters. The number of nitrogens with zero attached hydrogens (tertiary/aromatic N) is 3. The molecule has 4 heteroatoms. The number of carbonyl (C=O) groups excluding carboxylic acids is 1. The topological polar surface area (TPSA) is 47.8 Å². The highest BCUT2D eigenvalue weighted by atomic mass is 16.1. The molecule has 0 bridgehead atoms. The van der Waals surface area contributed by atoms with Gasteiger partial charge in [-0.05, 0) is 30.5 Å². The summed E-state index contributed by atoms with van der Waals surface area (Å²) in [5, 5.41) is 4.59. The van der Waals surface area contributed by atoms with Gasteiger partial charge in [0.1, 0.15) is 29.4 Å². The molecule has 2 aromatic carbocycles. The average molecular weight is 303 g/mol. The van der Waals surface area contributed by atoms with Gasteiger partial charge in [-0.25, -0.2) is 9.67 Å². The molecule has 0 aliphatic carbocycles. The second kappa shape index (κ2) is 5.16. The Kier molecular flexibility index (Phi) is 3.11. The van der Waals surface area contributed by atoms with E-state index in [1.165, 1.54) is 0 Å². The van der Waals surface area contributed by atoms with Gasteiger partial charge in [-0.2, -0.15) is 5.10 Å². The van der Waals surface area contributed by atoms with E-state index in [1.807, 2.05) is 48.0 Å². The Morgan fingerprint density at radius 3 is 2.35 bits per heavy atom. The number of aromatic nitrogens is 3. The molecule has 0 N–H and O–H groups in total. The maximum atomic E-state index is 12.3. The largest absolute Gasteiger partial charge is 0.299 e. The van der Waals surface area contributed by atoms with E-state index in [-0.39, 0.29) is 17.7 Å². The highest BCUT2D eigenvalue weighted by Gasteiger charge is 2.37. The van der Waals surface area contributed by atoms with Crippen LogP contribution < -0.4 is 0 Å². The number of Topliss-reactive ketones (excluding diaryl/α,β-unsaturated/α-hetero) is 1. The van der Waals surface area contributed by atoms with Crippen LogP contribution in [0.3, 0.4) is 0 Å². The summed E-state index contributed by atoms with van der Waals surface area (Å²) >= 11 is 0. The van der Waals surface area contributed by atoms with Crippen LogP contribution in [0, 0.1) is 6.92 Å². The number of aryl methyl sites for hydroxylation is 1. The van der Waals surface area contributed by atoms with Crippen LogP contribution in [-0.4, -0.2) is 20.5 Å². The number of hydrogen-bond donors (Lipinski definition) is 0. The van der Waals surface area contributed by atoms with E-state index in [4.69, 9.17) is 0 Å². The van der Waals surface area contributed by atoms with Gasteiger partial charge in [0, 0.05) is 0 Å². The summed E-state index contributed by atoms with van der Waals surface area (Å²) in [5.74, 6) is 1.19. The van der Waals surface area contributed by atoms with E-state index in [1.54, 1.807) is 6.92 Å². The Bertz CT molecular complexity index is 883. The van der Waals surface area contributed by atoms with E-state index in [9.17, 15) is 4.79 Å². The number of benzene rings is 2. The van der Waals surface area contributed by atoms with Crippen molar-refractivity contribution in [3.05, 3.63) is 82.9 Å². The van der Waals surface area contributed by atoms with Crippen LogP contribution in [0.5, 0.6) is 0 Å². The van der Waals surface area contributed by atoms with Gasteiger partial charge in [-0.3, -0.25) is 4.79 Å². The Morgan fingerprint density at radius 1 is 1.00 bits per heavy atom. The number of carbonyl (C=O) groups is 1. The van der Waals surface area contributed by atoms with E-state index >= 15 is 0 Å². The third-order valence-electron chi connectivity index (χ3n) is 4.39. The molecule has 4 rings (SSSR count). The van der Waals surface area contributed by atoms with Gasteiger partial charge in [0.25, 0.3) is 0 Å². The smallest absolute Gasteiger partial charge is 0.147 e. The van der Waals surface area contributed by atoms with Crippen LogP contribution in [0.15, 0.2) is 54.6 Å². The molecule has 2 heterocycles. The third kappa shape index (κ3) is 2.10. The summed E-state index contributed by atoms with van der Waals surface area (Å²) in [6, 6.07) is 18.3. The van der Waals surface area contributed by atoms with Crippen molar-refractivity contribution in [2.24, 2.45) is 0 Å². The lowest BCUT2D eigenvalue weighted by Crippen LogP contribution is -2.29. The standard InChI is InChI=1S/C19H17N3O/c1-12(23)17-15-10-6-7-11-16(15)18(14-8-4-3-5-9-14)22-19(17)20-13(2)21-22/h3-11,17-18H,1-2H3/t17-,18+/m1/s1. The molecule has 0 fully saturated rings. The van der Waals surface area contributed by atoms with Gasteiger partial charge in [0.15, 0.2) is 0 Å². The van der Waals surface area contributed by atoms with Crippen LogP contribution in [0.2, 0.25) is 0 Å². The molecule has 23 heavy (non-hydrogen) atoms. The molecular weight excluding hydrogens is 286 g/mol. The predicted molar refractivity (Wildman–Crippen MR) is 87.4 cm³/mol. The Labute approximate surface area is 134 Å². The summed E-state index contributed by atoms with van der Waals surface area (Å²) in [4.78, 5) is 16.9. The lowest BCUT2D eigenvalue weighted by Gasteiger charge is -2.31. The fraction of sp³-hybridized carbons (Fsp3) is 0.211. The average Bonchev–Trinajstić information content (AvgIpc) is 2.93. The molecule has 0 saturated heterocycles. The first kappa shape index (κ1) is 13.9. The minimum Gasteiger partial charge on any atom is -0.299 e. The Hall–Kier alpha value is -2.75. The first-order valence-electron chi connectivity index (χ1n) is 7.74. The molecule has 0 unspecified atom stereocenters. The first-order chi connectivity index (χ1) is 11.2. The summed E-state index contributed by atoms with van der Waals surface area (Å²) in [7, 11) is 0. The number of fused-ring (bicyclic) bond motifs is 2. The SMILES string of the molecule is CC(=O)[C@@H]1c2ccccc2[C@H](c2ccccc2)n2nc(C)nc21. The lowest BCUT2D eigenvalue weighted by molar-refractivity contribution is -0.117. The molecule has 0 saturated carbocycles. The predicted octanol–water partition coefficient (Wildman–Crippen LogP) is 3.26. The molecule has 0 radical (unpaired) electrons.